The van der Waals surface area contributed by atoms with Crippen molar-refractivity contribution in [3.05, 3.63) is 66.4 Å². The summed E-state index contributed by atoms with van der Waals surface area (Å²) in [5.41, 5.74) is 2.32. The van der Waals surface area contributed by atoms with E-state index in [-0.39, 0.29) is 0 Å². The molecule has 0 N–H and O–H groups in total. The van der Waals surface area contributed by atoms with Gasteiger partial charge in [-0.05, 0) is 42.7 Å². The van der Waals surface area contributed by atoms with Crippen molar-refractivity contribution >= 4 is 0 Å². The maximum absolute atomic E-state index is 5.83. The van der Waals surface area contributed by atoms with E-state index in [2.05, 4.69) is 32.0 Å². The van der Waals surface area contributed by atoms with Gasteiger partial charge in [0.2, 0.25) is 0 Å². The van der Waals surface area contributed by atoms with Crippen LogP contribution in [0.5, 0.6) is 0 Å². The first-order valence-electron chi connectivity index (χ1n) is 8.94. The van der Waals surface area contributed by atoms with Crippen LogP contribution in [0.4, 0.5) is 0 Å². The maximum atomic E-state index is 5.83. The van der Waals surface area contributed by atoms with Crippen LogP contribution in [0.3, 0.4) is 0 Å². The highest BCUT2D eigenvalue weighted by atomic mass is 16.5. The van der Waals surface area contributed by atoms with Crippen LogP contribution in [0.2, 0.25) is 0 Å². The highest BCUT2D eigenvalue weighted by Gasteiger charge is 2.20. The molecule has 26 heavy (non-hydrogen) atoms. The van der Waals surface area contributed by atoms with Gasteiger partial charge in [-0.3, -0.25) is 9.88 Å². The first-order chi connectivity index (χ1) is 12.9. The van der Waals surface area contributed by atoms with Crippen LogP contribution in [-0.2, 0) is 17.8 Å². The molecule has 3 aromatic heterocycles. The molecule has 0 spiro atoms. The fourth-order valence-corrected chi connectivity index (χ4v) is 3.24. The molecule has 3 aromatic rings. The zero-order valence-electron chi connectivity index (χ0n) is 14.6. The van der Waals surface area contributed by atoms with Crippen molar-refractivity contribution in [3.63, 3.8) is 0 Å². The quantitative estimate of drug-likeness (QED) is 0.651. The van der Waals surface area contributed by atoms with Gasteiger partial charge in [0.25, 0.3) is 0 Å². The molecule has 134 valence electrons. The molecule has 4 heterocycles. The van der Waals surface area contributed by atoms with Crippen molar-refractivity contribution < 1.29 is 9.15 Å². The molecule has 0 saturated carbocycles. The molecule has 1 fully saturated rings. The predicted molar refractivity (Wildman–Crippen MR) is 97.1 cm³/mol. The summed E-state index contributed by atoms with van der Waals surface area (Å²) in [5.74, 6) is 1.29. The van der Waals surface area contributed by atoms with Crippen LogP contribution in [0, 0.1) is 0 Å². The largest absolute Gasteiger partial charge is 0.461 e. The minimum absolute atomic E-state index is 0.306. The summed E-state index contributed by atoms with van der Waals surface area (Å²) < 4.78 is 11.2. The Balaban J connectivity index is 1.46. The van der Waals surface area contributed by atoms with Crippen molar-refractivity contribution in [1.82, 2.24) is 19.9 Å². The minimum atomic E-state index is 0.306. The normalized spacial score (nSPS) is 17.0. The van der Waals surface area contributed by atoms with Crippen LogP contribution >= 0.6 is 0 Å². The Morgan fingerprint density at radius 3 is 2.54 bits per heavy atom. The average molecular weight is 350 g/mol. The first kappa shape index (κ1) is 16.9. The fourth-order valence-electron chi connectivity index (χ4n) is 3.24. The number of hydrogen-bond donors (Lipinski definition) is 0. The van der Waals surface area contributed by atoms with Crippen molar-refractivity contribution in [1.29, 1.82) is 0 Å². The summed E-state index contributed by atoms with van der Waals surface area (Å²) in [7, 11) is 0. The van der Waals surface area contributed by atoms with Crippen molar-refractivity contribution in [2.45, 2.75) is 32.0 Å². The van der Waals surface area contributed by atoms with Crippen LogP contribution in [0.25, 0.3) is 11.6 Å². The molecule has 0 amide bonds. The molecular formula is C20H22N4O2. The molecule has 0 unspecified atom stereocenters. The lowest BCUT2D eigenvalue weighted by Crippen LogP contribution is -2.31. The van der Waals surface area contributed by atoms with Gasteiger partial charge in [0.05, 0.1) is 12.4 Å². The topological polar surface area (TPSA) is 64.3 Å². The second-order valence-corrected chi connectivity index (χ2v) is 6.55. The Kier molecular flexibility index (Phi) is 5.33. The predicted octanol–water partition coefficient (Wildman–Crippen LogP) is 3.31. The lowest BCUT2D eigenvalue weighted by atomic mass is 10.2. The molecular weight excluding hydrogens is 328 g/mol. The summed E-state index contributed by atoms with van der Waals surface area (Å²) in [6.07, 6.45) is 11.6. The number of aromatic nitrogens is 3. The van der Waals surface area contributed by atoms with Crippen LogP contribution < -0.4 is 0 Å². The van der Waals surface area contributed by atoms with E-state index >= 15 is 0 Å². The van der Waals surface area contributed by atoms with E-state index in [9.17, 15) is 0 Å². The molecule has 0 radical (unpaired) electrons. The maximum Gasteiger partial charge on any atom is 0.195 e. The Labute approximate surface area is 152 Å². The molecule has 4 rings (SSSR count). The van der Waals surface area contributed by atoms with Gasteiger partial charge in [-0.2, -0.15) is 0 Å². The molecule has 1 aliphatic rings. The molecule has 6 nitrogen and oxygen atoms in total. The molecule has 0 aliphatic carbocycles. The van der Waals surface area contributed by atoms with Crippen molar-refractivity contribution in [3.8, 4) is 11.6 Å². The number of hydrogen-bond acceptors (Lipinski definition) is 6. The van der Waals surface area contributed by atoms with Crippen molar-refractivity contribution in [2.75, 3.05) is 13.2 Å². The molecule has 6 heteroatoms. The van der Waals surface area contributed by atoms with Gasteiger partial charge in [-0.25, -0.2) is 9.97 Å². The zero-order valence-corrected chi connectivity index (χ0v) is 14.6. The highest BCUT2D eigenvalue weighted by molar-refractivity contribution is 5.45. The van der Waals surface area contributed by atoms with Crippen LogP contribution in [0.1, 0.15) is 24.0 Å². The van der Waals surface area contributed by atoms with E-state index in [1.54, 1.807) is 6.26 Å². The van der Waals surface area contributed by atoms with E-state index in [0.717, 1.165) is 44.6 Å². The summed E-state index contributed by atoms with van der Waals surface area (Å²) >= 11 is 0. The van der Waals surface area contributed by atoms with E-state index in [1.807, 2.05) is 36.9 Å². The Morgan fingerprint density at radius 2 is 1.85 bits per heavy atom. The van der Waals surface area contributed by atoms with Gasteiger partial charge in [-0.15, -0.1) is 0 Å². The van der Waals surface area contributed by atoms with Gasteiger partial charge < -0.3 is 9.15 Å². The van der Waals surface area contributed by atoms with E-state index in [4.69, 9.17) is 9.15 Å². The number of nitrogens with zero attached hydrogens (tertiary/aromatic N) is 4. The summed E-state index contributed by atoms with van der Waals surface area (Å²) in [6.45, 7) is 3.40. The third-order valence-corrected chi connectivity index (χ3v) is 4.49. The van der Waals surface area contributed by atoms with Gasteiger partial charge >= 0.3 is 0 Å². The minimum Gasteiger partial charge on any atom is -0.461 e. The number of furan rings is 1. The molecule has 1 atom stereocenters. The first-order valence-corrected chi connectivity index (χ1v) is 8.94. The standard InChI is InChI=1S/C20H22N4O2/c1-3-18(25-9-1)15-24(13-16-5-7-21-8-6-16)14-17-11-22-20(23-12-17)19-4-2-10-26-19/h2,4-8,10-12,18H,1,3,9,13-15H2/t18-/m1/s1. The SMILES string of the molecule is c1coc(-c2ncc(CN(Cc3ccncc3)C[C@H]3CCCO3)cn2)c1. The summed E-state index contributed by atoms with van der Waals surface area (Å²) in [4.78, 5) is 15.4. The van der Waals surface area contributed by atoms with Gasteiger partial charge in [0.15, 0.2) is 11.6 Å². The lowest BCUT2D eigenvalue weighted by Gasteiger charge is -2.25. The third-order valence-electron chi connectivity index (χ3n) is 4.49. The second kappa shape index (κ2) is 8.21. The molecule has 0 bridgehead atoms. The highest BCUT2D eigenvalue weighted by Crippen LogP contribution is 2.18. The second-order valence-electron chi connectivity index (χ2n) is 6.55. The number of pyridine rings is 1. The molecule has 0 aromatic carbocycles. The smallest absolute Gasteiger partial charge is 0.195 e. The van der Waals surface area contributed by atoms with E-state index < -0.39 is 0 Å². The Hall–Kier alpha value is -2.57. The third kappa shape index (κ3) is 4.33. The van der Waals surface area contributed by atoms with Crippen LogP contribution in [-0.4, -0.2) is 39.1 Å². The van der Waals surface area contributed by atoms with Gasteiger partial charge in [0, 0.05) is 56.6 Å². The fraction of sp³-hybridized carbons (Fsp3) is 0.350. The average Bonchev–Trinajstić information content (AvgIpc) is 3.37. The zero-order chi connectivity index (χ0) is 17.6. The number of rotatable bonds is 7. The van der Waals surface area contributed by atoms with Gasteiger partial charge in [0.1, 0.15) is 0 Å². The monoisotopic (exact) mass is 350 g/mol. The summed E-state index contributed by atoms with van der Waals surface area (Å²) in [5, 5.41) is 0. The van der Waals surface area contributed by atoms with Crippen LogP contribution in [0.15, 0.2) is 59.7 Å². The molecule has 1 saturated heterocycles. The summed E-state index contributed by atoms with van der Waals surface area (Å²) in [6, 6.07) is 7.81. The Bertz CT molecular complexity index is 784. The number of ether oxygens (including phenoxy) is 1. The Morgan fingerprint density at radius 1 is 1.04 bits per heavy atom. The van der Waals surface area contributed by atoms with E-state index in [0.29, 0.717) is 17.7 Å². The lowest BCUT2D eigenvalue weighted by molar-refractivity contribution is 0.0678. The van der Waals surface area contributed by atoms with Crippen molar-refractivity contribution in [2.24, 2.45) is 0 Å². The molecule has 1 aliphatic heterocycles. The van der Waals surface area contributed by atoms with Gasteiger partial charge in [-0.1, -0.05) is 0 Å². The van der Waals surface area contributed by atoms with E-state index in [1.165, 1.54) is 5.56 Å².